The van der Waals surface area contributed by atoms with Crippen LogP contribution in [-0.4, -0.2) is 48.8 Å². The van der Waals surface area contributed by atoms with E-state index >= 15 is 0 Å². The van der Waals surface area contributed by atoms with E-state index in [9.17, 15) is 0 Å². The van der Waals surface area contributed by atoms with Crippen LogP contribution < -0.4 is 0 Å². The zero-order chi connectivity index (χ0) is 46.5. The molecule has 4 nitrogen and oxygen atoms in total. The summed E-state index contributed by atoms with van der Waals surface area (Å²) in [5, 5.41) is 0. The van der Waals surface area contributed by atoms with Crippen molar-refractivity contribution in [3.05, 3.63) is 130 Å². The van der Waals surface area contributed by atoms with Crippen molar-refractivity contribution in [2.75, 3.05) is 0 Å². The topological polar surface area (TPSA) is 50.1 Å². The van der Waals surface area contributed by atoms with Crippen LogP contribution in [0.2, 0.25) is 0 Å². The fraction of sp³-hybridized carbons (Fsp3) is 0.682. The number of hydrogen-bond donors (Lipinski definition) is 0. The van der Waals surface area contributed by atoms with E-state index in [0.717, 1.165) is 95.7 Å². The molecule has 6 bridgehead atoms. The Morgan fingerprint density at radius 1 is 0.366 bits per heavy atom. The summed E-state index contributed by atoms with van der Waals surface area (Å²) in [5.74, 6) is 13.3. The first kappa shape index (κ1) is 53.6. The minimum absolute atomic E-state index is 0. The van der Waals surface area contributed by atoms with Gasteiger partial charge in [-0.3, -0.25) is 0 Å². The van der Waals surface area contributed by atoms with Gasteiger partial charge in [-0.15, -0.1) is 13.2 Å². The Balaban J connectivity index is 0.000000106. The Morgan fingerprint density at radius 2 is 0.887 bits per heavy atom. The summed E-state index contributed by atoms with van der Waals surface area (Å²) in [6, 6.07) is 0. The maximum absolute atomic E-state index is 5.77. The number of epoxide rings is 4. The summed E-state index contributed by atoms with van der Waals surface area (Å²) in [7, 11) is 0. The van der Waals surface area contributed by atoms with E-state index in [1.54, 1.807) is 0 Å². The van der Waals surface area contributed by atoms with Gasteiger partial charge in [-0.2, -0.15) is 0 Å². The monoisotopic (exact) mass is 1000 g/mol. The molecular weight excluding hydrogens is 908 g/mol. The molecule has 1 radical (unpaired) electrons. The Bertz CT molecular complexity index is 1930. The fourth-order valence-corrected chi connectivity index (χ4v) is 16.2. The second-order valence-corrected chi connectivity index (χ2v) is 24.6. The van der Waals surface area contributed by atoms with Gasteiger partial charge in [-0.25, -0.2) is 0 Å². The standard InChI is InChI=1S/C13H18O2.C13H18O.C13H18.C8H12O.C8H12.2C5H6.CH3.V/c1-2-10-11(14-10)5-6(1)8-3-7-4-9(8)13-12(7)15-13;1-2-9-5-8(1)6-11(9)10-3-4-12-13(7-10)14-12;1-2-4-11(5-3-1)13-9-10-6-7-12(13)8-10;1-2-6-3-4-7-8(5-6)9-7;1-2-8-6-4-3-5-7-8;2*1-2-4-5-3-1;;/h6-13H,1-5H2;1-2,8-13H,3-7H2;1-2,6-7,10-13H,3-5,8-9H2;2,6-8H,1,3-5H2;2-4,8H,1,5-7H2;2*1-4H,5H2;1H3;/q;;;;;;;-1;. The predicted molar refractivity (Wildman–Crippen MR) is 290 cm³/mol. The summed E-state index contributed by atoms with van der Waals surface area (Å²) >= 11 is 0. The van der Waals surface area contributed by atoms with Crippen molar-refractivity contribution in [1.29, 1.82) is 0 Å². The molecule has 71 heavy (non-hydrogen) atoms. The first-order chi connectivity index (χ1) is 34.1. The molecule has 11 fully saturated rings. The van der Waals surface area contributed by atoms with Crippen molar-refractivity contribution >= 4 is 0 Å². The molecule has 22 atom stereocenters. The van der Waals surface area contributed by atoms with Crippen molar-refractivity contribution in [2.24, 2.45) is 82.9 Å². The van der Waals surface area contributed by atoms with E-state index in [1.807, 2.05) is 0 Å². The van der Waals surface area contributed by atoms with Gasteiger partial charge in [0.05, 0.1) is 48.8 Å². The van der Waals surface area contributed by atoms with Crippen molar-refractivity contribution in [2.45, 2.75) is 197 Å². The van der Waals surface area contributed by atoms with Gasteiger partial charge in [-0.1, -0.05) is 109 Å². The molecule has 22 unspecified atom stereocenters. The van der Waals surface area contributed by atoms with E-state index in [-0.39, 0.29) is 26.0 Å². The maximum Gasteiger partial charge on any atom is 0.0875 e. The number of allylic oxidation sites excluding steroid dienone is 18. The summed E-state index contributed by atoms with van der Waals surface area (Å²) in [5.41, 5.74) is 0. The predicted octanol–water partition coefficient (Wildman–Crippen LogP) is 16.0. The third kappa shape index (κ3) is 14.0. The second-order valence-electron chi connectivity index (χ2n) is 24.6. The molecule has 4 heterocycles. The van der Waals surface area contributed by atoms with Crippen LogP contribution in [0.15, 0.2) is 123 Å². The molecule has 4 saturated heterocycles. The zero-order valence-electron chi connectivity index (χ0n) is 43.9. The molecule has 17 rings (SSSR count). The zero-order valence-corrected chi connectivity index (χ0v) is 45.2. The largest absolute Gasteiger partial charge is 0.370 e. The molecule has 5 heteroatoms. The smallest absolute Gasteiger partial charge is 0.0875 e. The van der Waals surface area contributed by atoms with E-state index in [0.29, 0.717) is 48.8 Å². The van der Waals surface area contributed by atoms with Crippen LogP contribution in [0, 0.1) is 90.3 Å². The van der Waals surface area contributed by atoms with Gasteiger partial charge < -0.3 is 26.4 Å². The molecule has 17 aliphatic rings. The maximum atomic E-state index is 5.77. The normalized spacial score (nSPS) is 46.5. The van der Waals surface area contributed by atoms with Crippen LogP contribution >= 0.6 is 0 Å². The van der Waals surface area contributed by atoms with Crippen LogP contribution in [0.5, 0.6) is 0 Å². The van der Waals surface area contributed by atoms with Crippen LogP contribution in [-0.2, 0) is 37.5 Å². The minimum Gasteiger partial charge on any atom is -0.370 e. The van der Waals surface area contributed by atoms with E-state index in [2.05, 4.69) is 123 Å². The Kier molecular flexibility index (Phi) is 19.3. The summed E-state index contributed by atoms with van der Waals surface area (Å²) in [6.45, 7) is 7.53. The van der Waals surface area contributed by atoms with Gasteiger partial charge in [0.15, 0.2) is 0 Å². The first-order valence-corrected chi connectivity index (χ1v) is 29.2. The summed E-state index contributed by atoms with van der Waals surface area (Å²) in [4.78, 5) is 0. The van der Waals surface area contributed by atoms with E-state index in [4.69, 9.17) is 18.9 Å². The third-order valence-electron chi connectivity index (χ3n) is 20.4. The molecule has 0 aromatic rings. The Hall–Kier alpha value is -2.18. The van der Waals surface area contributed by atoms with Crippen LogP contribution in [0.3, 0.4) is 0 Å². The molecular formula is C66H93O4V-. The number of rotatable bonds is 5. The van der Waals surface area contributed by atoms with Gasteiger partial charge in [0.25, 0.3) is 0 Å². The Morgan fingerprint density at radius 3 is 1.30 bits per heavy atom. The molecule has 387 valence electrons. The van der Waals surface area contributed by atoms with Gasteiger partial charge in [0.2, 0.25) is 0 Å². The van der Waals surface area contributed by atoms with Gasteiger partial charge in [0.1, 0.15) is 0 Å². The molecule has 0 N–H and O–H groups in total. The average Bonchev–Trinajstić information content (AvgIpc) is 4.21. The van der Waals surface area contributed by atoms with Gasteiger partial charge in [-0.05, 0) is 231 Å². The minimum atomic E-state index is 0. The van der Waals surface area contributed by atoms with Gasteiger partial charge in [0, 0.05) is 18.6 Å². The second kappa shape index (κ2) is 25.6. The first-order valence-electron chi connectivity index (χ1n) is 29.2. The number of hydrogen-bond acceptors (Lipinski definition) is 4. The van der Waals surface area contributed by atoms with E-state index in [1.165, 1.54) is 135 Å². The van der Waals surface area contributed by atoms with Crippen molar-refractivity contribution in [1.82, 2.24) is 0 Å². The van der Waals surface area contributed by atoms with Crippen LogP contribution in [0.1, 0.15) is 148 Å². The SMILES string of the molecule is C1=CC2CC1CC2C1CCC2OC2C1.C1=CCC(C2CC3C=CC2C3)CC1.C1=CCC=C1.C1=CCC=C1.C1CC2OC2CC1C1CC2CC1C1OC21.C=CC1CC=CCC1.C=CC1CCC2OC2C1.[CH3-].[V]. The van der Waals surface area contributed by atoms with Crippen molar-refractivity contribution < 1.29 is 37.5 Å². The van der Waals surface area contributed by atoms with Crippen molar-refractivity contribution in [3.8, 4) is 0 Å². The fourth-order valence-electron chi connectivity index (χ4n) is 16.2. The summed E-state index contributed by atoms with van der Waals surface area (Å²) in [6.07, 6.45) is 76.6. The van der Waals surface area contributed by atoms with Crippen LogP contribution in [0.4, 0.5) is 0 Å². The quantitative estimate of drug-likeness (QED) is 0.156. The molecule has 4 aliphatic heterocycles. The number of fused-ring (bicyclic) bond motifs is 12. The molecule has 7 saturated carbocycles. The van der Waals surface area contributed by atoms with Crippen LogP contribution in [0.25, 0.3) is 0 Å². The Labute approximate surface area is 444 Å². The third-order valence-corrected chi connectivity index (χ3v) is 20.4. The molecule has 0 aromatic heterocycles. The van der Waals surface area contributed by atoms with Crippen molar-refractivity contribution in [3.63, 3.8) is 0 Å². The average molecular weight is 1000 g/mol. The van der Waals surface area contributed by atoms with Gasteiger partial charge >= 0.3 is 0 Å². The summed E-state index contributed by atoms with van der Waals surface area (Å²) < 4.78 is 22.4. The molecule has 0 amide bonds. The molecule has 0 aromatic carbocycles. The molecule has 13 aliphatic carbocycles. The molecule has 0 spiro atoms. The van der Waals surface area contributed by atoms with E-state index < -0.39 is 0 Å². The number of ether oxygens (including phenoxy) is 4.